The van der Waals surface area contributed by atoms with Crippen LogP contribution in [0.15, 0.2) is 47.6 Å². The van der Waals surface area contributed by atoms with Gasteiger partial charge in [-0.25, -0.2) is 9.37 Å². The van der Waals surface area contributed by atoms with E-state index in [1.807, 2.05) is 42.8 Å². The van der Waals surface area contributed by atoms with E-state index in [-0.39, 0.29) is 11.7 Å². The Bertz CT molecular complexity index is 1170. The van der Waals surface area contributed by atoms with Crippen LogP contribution in [0.3, 0.4) is 0 Å². The number of carbonyl (C=O) groups excluding carboxylic acids is 1. The SMILES string of the molecule is Cc1ccc(F)cc1NC(=O)CSc1nnc2c3ccccc3n(C)c2n1. The van der Waals surface area contributed by atoms with Gasteiger partial charge in [-0.05, 0) is 30.7 Å². The van der Waals surface area contributed by atoms with Gasteiger partial charge < -0.3 is 9.88 Å². The summed E-state index contributed by atoms with van der Waals surface area (Å²) in [5, 5.41) is 12.5. The van der Waals surface area contributed by atoms with Crippen molar-refractivity contribution in [2.75, 3.05) is 11.1 Å². The molecule has 0 spiro atoms. The summed E-state index contributed by atoms with van der Waals surface area (Å²) in [5.74, 6) is -0.542. The highest BCUT2D eigenvalue weighted by Crippen LogP contribution is 2.26. The smallest absolute Gasteiger partial charge is 0.234 e. The molecular formula is C19H16FN5OS. The number of fused-ring (bicyclic) bond motifs is 3. The quantitative estimate of drug-likeness (QED) is 0.546. The molecule has 4 aromatic rings. The van der Waals surface area contributed by atoms with Crippen LogP contribution in [0.2, 0.25) is 0 Å². The molecule has 2 aromatic heterocycles. The molecule has 2 aromatic carbocycles. The number of amides is 1. The van der Waals surface area contributed by atoms with Crippen LogP contribution in [0.5, 0.6) is 0 Å². The summed E-state index contributed by atoms with van der Waals surface area (Å²) >= 11 is 1.19. The number of para-hydroxylation sites is 1. The second kappa shape index (κ2) is 6.96. The van der Waals surface area contributed by atoms with Crippen LogP contribution >= 0.6 is 11.8 Å². The van der Waals surface area contributed by atoms with Gasteiger partial charge in [-0.2, -0.15) is 0 Å². The standard InChI is InChI=1S/C19H16FN5OS/c1-11-7-8-12(20)9-14(11)21-16(26)10-27-19-22-18-17(23-24-19)13-5-3-4-6-15(13)25(18)2/h3-9H,10H2,1-2H3,(H,21,26). The number of anilines is 1. The summed E-state index contributed by atoms with van der Waals surface area (Å²) in [6.45, 7) is 1.81. The number of halogens is 1. The van der Waals surface area contributed by atoms with E-state index in [0.717, 1.165) is 27.6 Å². The Hall–Kier alpha value is -3.00. The lowest BCUT2D eigenvalue weighted by atomic mass is 10.2. The Balaban J connectivity index is 1.52. The van der Waals surface area contributed by atoms with Crippen molar-refractivity contribution in [2.45, 2.75) is 12.1 Å². The molecule has 0 atom stereocenters. The van der Waals surface area contributed by atoms with E-state index in [4.69, 9.17) is 0 Å². The van der Waals surface area contributed by atoms with Crippen LogP contribution in [-0.2, 0) is 11.8 Å². The van der Waals surface area contributed by atoms with Crippen molar-refractivity contribution in [1.82, 2.24) is 19.7 Å². The minimum absolute atomic E-state index is 0.104. The lowest BCUT2D eigenvalue weighted by Gasteiger charge is -2.08. The molecule has 0 bridgehead atoms. The first-order valence-electron chi connectivity index (χ1n) is 8.29. The largest absolute Gasteiger partial charge is 0.327 e. The molecule has 0 radical (unpaired) electrons. The third-order valence-corrected chi connectivity index (χ3v) is 5.13. The Kier molecular flexibility index (Phi) is 4.49. The maximum absolute atomic E-state index is 13.3. The third kappa shape index (κ3) is 3.35. The number of carbonyl (C=O) groups is 1. The number of aryl methyl sites for hydroxylation is 2. The molecule has 0 aliphatic heterocycles. The molecule has 8 heteroatoms. The van der Waals surface area contributed by atoms with Crippen molar-refractivity contribution in [3.05, 3.63) is 53.8 Å². The monoisotopic (exact) mass is 381 g/mol. The van der Waals surface area contributed by atoms with Crippen molar-refractivity contribution in [1.29, 1.82) is 0 Å². The fourth-order valence-corrected chi connectivity index (χ4v) is 3.48. The number of aromatic nitrogens is 4. The highest BCUT2D eigenvalue weighted by molar-refractivity contribution is 7.99. The van der Waals surface area contributed by atoms with Gasteiger partial charge in [0.1, 0.15) is 11.3 Å². The van der Waals surface area contributed by atoms with Gasteiger partial charge in [-0.3, -0.25) is 4.79 Å². The summed E-state index contributed by atoms with van der Waals surface area (Å²) < 4.78 is 15.3. The molecule has 136 valence electrons. The van der Waals surface area contributed by atoms with Crippen molar-refractivity contribution in [2.24, 2.45) is 7.05 Å². The molecule has 0 saturated heterocycles. The van der Waals surface area contributed by atoms with Gasteiger partial charge in [0.15, 0.2) is 5.65 Å². The molecular weight excluding hydrogens is 365 g/mol. The second-order valence-corrected chi connectivity index (χ2v) is 7.08. The van der Waals surface area contributed by atoms with Crippen molar-refractivity contribution < 1.29 is 9.18 Å². The molecule has 1 N–H and O–H groups in total. The summed E-state index contributed by atoms with van der Waals surface area (Å²) in [7, 11) is 1.92. The van der Waals surface area contributed by atoms with Gasteiger partial charge in [-0.1, -0.05) is 36.0 Å². The number of nitrogens with zero attached hydrogens (tertiary/aromatic N) is 4. The lowest BCUT2D eigenvalue weighted by molar-refractivity contribution is -0.113. The summed E-state index contributed by atoms with van der Waals surface area (Å²) in [6, 6.07) is 12.2. The molecule has 0 aliphatic carbocycles. The number of hydrogen-bond acceptors (Lipinski definition) is 5. The fraction of sp³-hybridized carbons (Fsp3) is 0.158. The van der Waals surface area contributed by atoms with Crippen molar-refractivity contribution in [3.8, 4) is 0 Å². The lowest BCUT2D eigenvalue weighted by Crippen LogP contribution is -2.15. The molecule has 0 aliphatic rings. The van der Waals surface area contributed by atoms with Gasteiger partial charge >= 0.3 is 0 Å². The highest BCUT2D eigenvalue weighted by atomic mass is 32.2. The molecule has 27 heavy (non-hydrogen) atoms. The first-order chi connectivity index (χ1) is 13.0. The third-order valence-electron chi connectivity index (χ3n) is 4.29. The number of nitrogens with one attached hydrogen (secondary N) is 1. The zero-order valence-corrected chi connectivity index (χ0v) is 15.5. The van der Waals surface area contributed by atoms with Crippen LogP contribution in [0.25, 0.3) is 22.1 Å². The van der Waals surface area contributed by atoms with Gasteiger partial charge in [0.2, 0.25) is 11.1 Å². The summed E-state index contributed by atoms with van der Waals surface area (Å²) in [5.41, 5.74) is 3.73. The van der Waals surface area contributed by atoms with E-state index in [2.05, 4.69) is 20.5 Å². The van der Waals surface area contributed by atoms with Crippen LogP contribution in [0.1, 0.15) is 5.56 Å². The zero-order chi connectivity index (χ0) is 19.0. The van der Waals surface area contributed by atoms with E-state index in [1.54, 1.807) is 6.07 Å². The predicted octanol–water partition coefficient (Wildman–Crippen LogP) is 3.69. The Morgan fingerprint density at radius 2 is 2.04 bits per heavy atom. The van der Waals surface area contributed by atoms with E-state index < -0.39 is 5.82 Å². The average molecular weight is 381 g/mol. The highest BCUT2D eigenvalue weighted by Gasteiger charge is 2.13. The minimum atomic E-state index is -0.391. The number of rotatable bonds is 4. The Labute approximate surface area is 158 Å². The molecule has 4 rings (SSSR count). The first kappa shape index (κ1) is 17.4. The molecule has 0 fully saturated rings. The molecule has 0 unspecified atom stereocenters. The Morgan fingerprint density at radius 1 is 1.22 bits per heavy atom. The van der Waals surface area contributed by atoms with E-state index in [1.165, 1.54) is 23.9 Å². The van der Waals surface area contributed by atoms with Gasteiger partial charge in [-0.15, -0.1) is 10.2 Å². The minimum Gasteiger partial charge on any atom is -0.327 e. The van der Waals surface area contributed by atoms with E-state index in [9.17, 15) is 9.18 Å². The van der Waals surface area contributed by atoms with Crippen LogP contribution in [0, 0.1) is 12.7 Å². The topological polar surface area (TPSA) is 72.7 Å². The maximum atomic E-state index is 13.3. The number of benzene rings is 2. The van der Waals surface area contributed by atoms with Gasteiger partial charge in [0.25, 0.3) is 0 Å². The molecule has 6 nitrogen and oxygen atoms in total. The predicted molar refractivity (Wildman–Crippen MR) is 104 cm³/mol. The van der Waals surface area contributed by atoms with E-state index >= 15 is 0 Å². The molecule has 1 amide bonds. The van der Waals surface area contributed by atoms with Gasteiger partial charge in [0, 0.05) is 18.1 Å². The molecule has 2 heterocycles. The normalized spacial score (nSPS) is 11.2. The van der Waals surface area contributed by atoms with Crippen LogP contribution in [0.4, 0.5) is 10.1 Å². The van der Waals surface area contributed by atoms with E-state index in [0.29, 0.717) is 10.8 Å². The van der Waals surface area contributed by atoms with Crippen molar-refractivity contribution in [3.63, 3.8) is 0 Å². The molecule has 0 saturated carbocycles. The number of thioether (sulfide) groups is 1. The average Bonchev–Trinajstić information content (AvgIpc) is 2.95. The Morgan fingerprint density at radius 3 is 2.89 bits per heavy atom. The summed E-state index contributed by atoms with van der Waals surface area (Å²) in [4.78, 5) is 16.7. The zero-order valence-electron chi connectivity index (χ0n) is 14.7. The van der Waals surface area contributed by atoms with Gasteiger partial charge in [0.05, 0.1) is 11.3 Å². The summed E-state index contributed by atoms with van der Waals surface area (Å²) in [6.07, 6.45) is 0. The number of hydrogen-bond donors (Lipinski definition) is 1. The van der Waals surface area contributed by atoms with Crippen molar-refractivity contribution >= 4 is 45.4 Å². The first-order valence-corrected chi connectivity index (χ1v) is 9.28. The second-order valence-electron chi connectivity index (χ2n) is 6.14. The fourth-order valence-electron chi connectivity index (χ4n) is 2.90. The van der Waals surface area contributed by atoms with Crippen LogP contribution in [-0.4, -0.2) is 31.4 Å². The van der Waals surface area contributed by atoms with Crippen LogP contribution < -0.4 is 5.32 Å². The maximum Gasteiger partial charge on any atom is 0.234 e.